The van der Waals surface area contributed by atoms with Crippen molar-refractivity contribution in [1.29, 1.82) is 0 Å². The molecule has 2 rings (SSSR count). The molecule has 0 radical (unpaired) electrons. The van der Waals surface area contributed by atoms with Crippen molar-refractivity contribution in [2.24, 2.45) is 5.92 Å². The minimum Gasteiger partial charge on any atom is -0.480 e. The Morgan fingerprint density at radius 2 is 2.08 bits per heavy atom. The Labute approximate surface area is 152 Å². The lowest BCUT2D eigenvalue weighted by Crippen LogP contribution is -2.41. The lowest BCUT2D eigenvalue weighted by Gasteiger charge is -2.25. The van der Waals surface area contributed by atoms with Crippen molar-refractivity contribution >= 4 is 18.3 Å². The highest BCUT2D eigenvalue weighted by Gasteiger charge is 2.31. The van der Waals surface area contributed by atoms with Crippen LogP contribution in [0.4, 0.5) is 0 Å². The van der Waals surface area contributed by atoms with Crippen LogP contribution in [0.2, 0.25) is 0 Å². The molecule has 0 aliphatic carbocycles. The SMILES string of the molecule is CCC(Oc1ccccc1C(C)C)C(=O)N1CCC(CNC)C1.Cl. The average Bonchev–Trinajstić information content (AvgIpc) is 3.01. The Morgan fingerprint density at radius 1 is 1.38 bits per heavy atom. The van der Waals surface area contributed by atoms with E-state index in [2.05, 4.69) is 25.2 Å². The van der Waals surface area contributed by atoms with Gasteiger partial charge >= 0.3 is 0 Å². The van der Waals surface area contributed by atoms with E-state index in [1.54, 1.807) is 0 Å². The van der Waals surface area contributed by atoms with E-state index >= 15 is 0 Å². The van der Waals surface area contributed by atoms with Crippen LogP contribution in [0.5, 0.6) is 5.75 Å². The fourth-order valence-corrected chi connectivity index (χ4v) is 3.22. The van der Waals surface area contributed by atoms with Gasteiger partial charge in [-0.3, -0.25) is 4.79 Å². The maximum atomic E-state index is 12.8. The van der Waals surface area contributed by atoms with E-state index < -0.39 is 0 Å². The normalized spacial score (nSPS) is 18.4. The first-order valence-electron chi connectivity index (χ1n) is 8.75. The standard InChI is InChI=1S/C19H30N2O2.ClH/c1-5-17(19(22)21-11-10-15(13-21)12-20-4)23-18-9-7-6-8-16(18)14(2)3;/h6-9,14-15,17,20H,5,10-13H2,1-4H3;1H. The molecule has 1 N–H and O–H groups in total. The van der Waals surface area contributed by atoms with Crippen LogP contribution in [0.25, 0.3) is 0 Å². The van der Waals surface area contributed by atoms with Crippen molar-refractivity contribution in [1.82, 2.24) is 10.2 Å². The van der Waals surface area contributed by atoms with Crippen LogP contribution in [0.1, 0.15) is 45.1 Å². The highest BCUT2D eigenvalue weighted by atomic mass is 35.5. The minimum atomic E-state index is -0.386. The molecule has 1 saturated heterocycles. The van der Waals surface area contributed by atoms with Gasteiger partial charge in [0.05, 0.1) is 0 Å². The summed E-state index contributed by atoms with van der Waals surface area (Å²) in [6, 6.07) is 8.04. The van der Waals surface area contributed by atoms with Gasteiger partial charge in [0.25, 0.3) is 5.91 Å². The van der Waals surface area contributed by atoms with E-state index in [0.29, 0.717) is 18.3 Å². The number of para-hydroxylation sites is 1. The zero-order valence-corrected chi connectivity index (χ0v) is 16.1. The molecule has 0 saturated carbocycles. The van der Waals surface area contributed by atoms with Crippen LogP contribution in [0, 0.1) is 5.92 Å². The number of hydrogen-bond donors (Lipinski definition) is 1. The van der Waals surface area contributed by atoms with E-state index in [-0.39, 0.29) is 24.4 Å². The molecule has 1 aliphatic heterocycles. The van der Waals surface area contributed by atoms with Crippen molar-refractivity contribution in [2.75, 3.05) is 26.7 Å². The fourth-order valence-electron chi connectivity index (χ4n) is 3.22. The quantitative estimate of drug-likeness (QED) is 0.815. The smallest absolute Gasteiger partial charge is 0.263 e. The molecule has 5 heteroatoms. The summed E-state index contributed by atoms with van der Waals surface area (Å²) < 4.78 is 6.12. The number of halogens is 1. The third-order valence-electron chi connectivity index (χ3n) is 4.55. The Kier molecular flexibility index (Phi) is 8.57. The van der Waals surface area contributed by atoms with Crippen LogP contribution >= 0.6 is 12.4 Å². The van der Waals surface area contributed by atoms with Crippen molar-refractivity contribution in [3.05, 3.63) is 29.8 Å². The van der Waals surface area contributed by atoms with Crippen LogP contribution in [0.3, 0.4) is 0 Å². The summed E-state index contributed by atoms with van der Waals surface area (Å²) in [4.78, 5) is 14.8. The molecule has 24 heavy (non-hydrogen) atoms. The Hall–Kier alpha value is -1.26. The van der Waals surface area contributed by atoms with Crippen molar-refractivity contribution in [2.45, 2.75) is 45.6 Å². The third-order valence-corrected chi connectivity index (χ3v) is 4.55. The first-order valence-corrected chi connectivity index (χ1v) is 8.75. The molecule has 0 aromatic heterocycles. The van der Waals surface area contributed by atoms with Gasteiger partial charge in [-0.25, -0.2) is 0 Å². The summed E-state index contributed by atoms with van der Waals surface area (Å²) in [5.74, 6) is 1.91. The second-order valence-corrected chi connectivity index (χ2v) is 6.70. The summed E-state index contributed by atoms with van der Waals surface area (Å²) in [6.45, 7) is 8.96. The molecule has 2 atom stereocenters. The van der Waals surface area contributed by atoms with E-state index in [0.717, 1.165) is 37.4 Å². The number of nitrogens with zero attached hydrogens (tertiary/aromatic N) is 1. The molecule has 0 bridgehead atoms. The fraction of sp³-hybridized carbons (Fsp3) is 0.632. The number of benzene rings is 1. The minimum absolute atomic E-state index is 0. The average molecular weight is 355 g/mol. The number of rotatable bonds is 7. The van der Waals surface area contributed by atoms with Gasteiger partial charge in [0.1, 0.15) is 5.75 Å². The second kappa shape index (κ2) is 9.90. The second-order valence-electron chi connectivity index (χ2n) is 6.70. The van der Waals surface area contributed by atoms with Crippen LogP contribution in [0.15, 0.2) is 24.3 Å². The monoisotopic (exact) mass is 354 g/mol. The molecule has 0 spiro atoms. The van der Waals surface area contributed by atoms with Crippen LogP contribution in [-0.2, 0) is 4.79 Å². The molecule has 136 valence electrons. The lowest BCUT2D eigenvalue weighted by atomic mass is 10.0. The molecule has 4 nitrogen and oxygen atoms in total. The van der Waals surface area contributed by atoms with E-state index in [9.17, 15) is 4.79 Å². The molecule has 1 aromatic carbocycles. The number of amides is 1. The summed E-state index contributed by atoms with van der Waals surface area (Å²) in [5, 5.41) is 3.20. The van der Waals surface area contributed by atoms with E-state index in [4.69, 9.17) is 4.74 Å². The Balaban J connectivity index is 0.00000288. The van der Waals surface area contributed by atoms with Gasteiger partial charge in [-0.15, -0.1) is 12.4 Å². The number of likely N-dealkylation sites (tertiary alicyclic amines) is 1. The highest BCUT2D eigenvalue weighted by Crippen LogP contribution is 2.28. The first-order chi connectivity index (χ1) is 11.1. The predicted octanol–water partition coefficient (Wildman–Crippen LogP) is 3.46. The Bertz CT molecular complexity index is 522. The van der Waals surface area contributed by atoms with Gasteiger partial charge in [-0.1, -0.05) is 39.0 Å². The van der Waals surface area contributed by atoms with E-state index in [1.807, 2.05) is 37.1 Å². The molecule has 1 heterocycles. The van der Waals surface area contributed by atoms with Gasteiger partial charge in [-0.05, 0) is 49.9 Å². The molecule has 1 amide bonds. The zero-order valence-electron chi connectivity index (χ0n) is 15.2. The summed E-state index contributed by atoms with van der Waals surface area (Å²) >= 11 is 0. The van der Waals surface area contributed by atoms with Crippen molar-refractivity contribution in [3.63, 3.8) is 0 Å². The number of carbonyl (C=O) groups is 1. The largest absolute Gasteiger partial charge is 0.480 e. The predicted molar refractivity (Wildman–Crippen MR) is 101 cm³/mol. The molecule has 1 aromatic rings. The number of ether oxygens (including phenoxy) is 1. The molecular weight excluding hydrogens is 324 g/mol. The van der Waals surface area contributed by atoms with E-state index in [1.165, 1.54) is 0 Å². The van der Waals surface area contributed by atoms with Crippen molar-refractivity contribution in [3.8, 4) is 5.75 Å². The van der Waals surface area contributed by atoms with Gasteiger partial charge in [-0.2, -0.15) is 0 Å². The van der Waals surface area contributed by atoms with Gasteiger partial charge in [0, 0.05) is 13.1 Å². The highest BCUT2D eigenvalue weighted by molar-refractivity contribution is 5.85. The molecule has 1 fully saturated rings. The molecule has 2 unspecified atom stereocenters. The third kappa shape index (κ3) is 5.12. The maximum Gasteiger partial charge on any atom is 0.263 e. The summed E-state index contributed by atoms with van der Waals surface area (Å²) in [7, 11) is 1.96. The van der Waals surface area contributed by atoms with Gasteiger partial charge in [0.2, 0.25) is 0 Å². The summed E-state index contributed by atoms with van der Waals surface area (Å²) in [6.07, 6.45) is 1.38. The van der Waals surface area contributed by atoms with Crippen LogP contribution < -0.4 is 10.1 Å². The summed E-state index contributed by atoms with van der Waals surface area (Å²) in [5.41, 5.74) is 1.16. The zero-order chi connectivity index (χ0) is 16.8. The molecule has 1 aliphatic rings. The maximum absolute atomic E-state index is 12.8. The first kappa shape index (κ1) is 20.8. The van der Waals surface area contributed by atoms with Crippen molar-refractivity contribution < 1.29 is 9.53 Å². The topological polar surface area (TPSA) is 41.6 Å². The molecular formula is C19H31ClN2O2. The Morgan fingerprint density at radius 3 is 2.71 bits per heavy atom. The number of hydrogen-bond acceptors (Lipinski definition) is 3. The van der Waals surface area contributed by atoms with Crippen LogP contribution in [-0.4, -0.2) is 43.6 Å². The van der Waals surface area contributed by atoms with Gasteiger partial charge in [0.15, 0.2) is 6.10 Å². The number of carbonyl (C=O) groups excluding carboxylic acids is 1. The van der Waals surface area contributed by atoms with Gasteiger partial charge < -0.3 is 15.0 Å². The number of nitrogens with one attached hydrogen (secondary N) is 1. The lowest BCUT2D eigenvalue weighted by molar-refractivity contribution is -0.137.